The van der Waals surface area contributed by atoms with Crippen molar-refractivity contribution in [2.24, 2.45) is 0 Å². The minimum atomic E-state index is -0.347. The smallest absolute Gasteiger partial charge is 0.161 e. The van der Waals surface area contributed by atoms with E-state index in [2.05, 4.69) is 6.92 Å². The van der Waals surface area contributed by atoms with Gasteiger partial charge in [-0.25, -0.2) is 4.39 Å². The van der Waals surface area contributed by atoms with Crippen molar-refractivity contribution >= 4 is 17.5 Å². The van der Waals surface area contributed by atoms with E-state index in [9.17, 15) is 9.18 Å². The fraction of sp³-hybridized carbons (Fsp3) is 0.417. The van der Waals surface area contributed by atoms with Crippen LogP contribution in [0.5, 0.6) is 0 Å². The van der Waals surface area contributed by atoms with E-state index in [1.54, 1.807) is 17.8 Å². The number of hydrogen-bond donors (Lipinski definition) is 0. The maximum Gasteiger partial charge on any atom is 0.161 e. The number of unbranched alkanes of at least 4 members (excludes halogenated alkanes) is 1. The molecule has 1 aromatic carbocycles. The van der Waals surface area contributed by atoms with Gasteiger partial charge in [0.15, 0.2) is 5.78 Å². The molecule has 0 radical (unpaired) electrons. The number of halogens is 1. The summed E-state index contributed by atoms with van der Waals surface area (Å²) in [5, 5.41) is 0. The predicted octanol–water partition coefficient (Wildman–Crippen LogP) is 3.92. The Morgan fingerprint density at radius 3 is 2.80 bits per heavy atom. The molecule has 82 valence electrons. The van der Waals surface area contributed by atoms with E-state index >= 15 is 0 Å². The Labute approximate surface area is 94.1 Å². The maximum absolute atomic E-state index is 12.9. The molecule has 0 atom stereocenters. The van der Waals surface area contributed by atoms with Crippen LogP contribution in [0.25, 0.3) is 0 Å². The molecule has 0 heterocycles. The first-order chi connectivity index (χ1) is 7.15. The van der Waals surface area contributed by atoms with Gasteiger partial charge < -0.3 is 0 Å². The van der Waals surface area contributed by atoms with Gasteiger partial charge in [0.2, 0.25) is 0 Å². The first kappa shape index (κ1) is 12.2. The van der Waals surface area contributed by atoms with Crippen molar-refractivity contribution in [2.45, 2.75) is 31.6 Å². The number of hydrogen-bond acceptors (Lipinski definition) is 2. The summed E-state index contributed by atoms with van der Waals surface area (Å²) in [4.78, 5) is 12.2. The monoisotopic (exact) mass is 226 g/mol. The molecule has 0 aromatic heterocycles. The fourth-order valence-corrected chi connectivity index (χ4v) is 2.41. The summed E-state index contributed by atoms with van der Waals surface area (Å²) < 4.78 is 12.9. The highest BCUT2D eigenvalue weighted by Crippen LogP contribution is 2.24. The molecule has 0 amide bonds. The van der Waals surface area contributed by atoms with E-state index in [1.165, 1.54) is 19.1 Å². The average Bonchev–Trinajstić information content (AvgIpc) is 2.20. The van der Waals surface area contributed by atoms with Gasteiger partial charge in [0.1, 0.15) is 5.82 Å². The molecule has 0 bridgehead atoms. The summed E-state index contributed by atoms with van der Waals surface area (Å²) >= 11 is 1.62. The zero-order chi connectivity index (χ0) is 11.3. The third-order valence-corrected chi connectivity index (χ3v) is 3.24. The molecule has 15 heavy (non-hydrogen) atoms. The van der Waals surface area contributed by atoms with Gasteiger partial charge in [0.05, 0.1) is 0 Å². The molecule has 0 saturated carbocycles. The van der Waals surface area contributed by atoms with Crippen molar-refractivity contribution in [3.05, 3.63) is 29.6 Å². The quantitative estimate of drug-likeness (QED) is 0.430. The lowest BCUT2D eigenvalue weighted by Gasteiger charge is -2.06. The van der Waals surface area contributed by atoms with Crippen LogP contribution in [0, 0.1) is 5.82 Å². The lowest BCUT2D eigenvalue weighted by atomic mass is 10.1. The molecule has 0 N–H and O–H groups in total. The van der Waals surface area contributed by atoms with Gasteiger partial charge in [0, 0.05) is 10.5 Å². The van der Waals surface area contributed by atoms with E-state index in [4.69, 9.17) is 0 Å². The summed E-state index contributed by atoms with van der Waals surface area (Å²) in [5.74, 6) is 0.552. The van der Waals surface area contributed by atoms with Crippen LogP contribution in [0.2, 0.25) is 0 Å². The Kier molecular flexibility index (Phi) is 4.82. The van der Waals surface area contributed by atoms with E-state index in [0.29, 0.717) is 5.56 Å². The van der Waals surface area contributed by atoms with E-state index < -0.39 is 0 Å². The molecular formula is C12H15FOS. The fourth-order valence-electron chi connectivity index (χ4n) is 1.23. The van der Waals surface area contributed by atoms with E-state index in [0.717, 1.165) is 23.5 Å². The average molecular weight is 226 g/mol. The van der Waals surface area contributed by atoms with Crippen molar-refractivity contribution in [3.63, 3.8) is 0 Å². The summed E-state index contributed by atoms with van der Waals surface area (Å²) in [6, 6.07) is 4.41. The molecule has 1 rings (SSSR count). The van der Waals surface area contributed by atoms with E-state index in [1.807, 2.05) is 0 Å². The van der Waals surface area contributed by atoms with Crippen LogP contribution < -0.4 is 0 Å². The minimum absolute atomic E-state index is 0.0755. The molecule has 1 aromatic rings. The number of benzene rings is 1. The summed E-state index contributed by atoms with van der Waals surface area (Å²) in [7, 11) is 0. The van der Waals surface area contributed by atoms with Crippen LogP contribution in [0.15, 0.2) is 23.1 Å². The second-order valence-electron chi connectivity index (χ2n) is 3.40. The normalized spacial score (nSPS) is 10.3. The maximum atomic E-state index is 12.9. The second-order valence-corrected chi connectivity index (χ2v) is 4.54. The highest BCUT2D eigenvalue weighted by molar-refractivity contribution is 7.99. The van der Waals surface area contributed by atoms with Crippen molar-refractivity contribution < 1.29 is 9.18 Å². The van der Waals surface area contributed by atoms with Gasteiger partial charge in [0.25, 0.3) is 0 Å². The molecule has 0 aliphatic carbocycles. The molecule has 1 nitrogen and oxygen atoms in total. The highest BCUT2D eigenvalue weighted by atomic mass is 32.2. The van der Waals surface area contributed by atoms with Gasteiger partial charge in [-0.1, -0.05) is 13.3 Å². The molecular weight excluding hydrogens is 211 g/mol. The van der Waals surface area contributed by atoms with Crippen molar-refractivity contribution in [3.8, 4) is 0 Å². The standard InChI is InChI=1S/C12H15FOS/c1-3-4-7-15-12-6-5-10(13)8-11(12)9(2)14/h5-6,8H,3-4,7H2,1-2H3. The molecule has 0 aliphatic heterocycles. The van der Waals surface area contributed by atoms with Crippen molar-refractivity contribution in [1.82, 2.24) is 0 Å². The zero-order valence-corrected chi connectivity index (χ0v) is 9.86. The Bertz CT molecular complexity index is 349. The number of carbonyl (C=O) groups is 1. The van der Waals surface area contributed by atoms with Crippen LogP contribution >= 0.6 is 11.8 Å². The van der Waals surface area contributed by atoms with Crippen LogP contribution in [0.4, 0.5) is 4.39 Å². The predicted molar refractivity (Wildman–Crippen MR) is 62.0 cm³/mol. The first-order valence-corrected chi connectivity index (χ1v) is 6.07. The summed E-state index contributed by atoms with van der Waals surface area (Å²) in [6.45, 7) is 3.59. The Morgan fingerprint density at radius 1 is 1.47 bits per heavy atom. The molecule has 3 heteroatoms. The summed E-state index contributed by atoms with van der Waals surface area (Å²) in [5.41, 5.74) is 0.496. The molecule has 0 aliphatic rings. The van der Waals surface area contributed by atoms with Crippen molar-refractivity contribution in [1.29, 1.82) is 0 Å². The number of Topliss-reactive ketones (excluding diaryl/α,β-unsaturated/α-hetero) is 1. The molecule has 0 fully saturated rings. The lowest BCUT2D eigenvalue weighted by Crippen LogP contribution is -1.96. The highest BCUT2D eigenvalue weighted by Gasteiger charge is 2.08. The van der Waals surface area contributed by atoms with Gasteiger partial charge >= 0.3 is 0 Å². The number of carbonyl (C=O) groups excluding carboxylic acids is 1. The Hall–Kier alpha value is -0.830. The zero-order valence-electron chi connectivity index (χ0n) is 9.05. The van der Waals surface area contributed by atoms with E-state index in [-0.39, 0.29) is 11.6 Å². The topological polar surface area (TPSA) is 17.1 Å². The number of ketones is 1. The molecule has 0 unspecified atom stereocenters. The largest absolute Gasteiger partial charge is 0.294 e. The second kappa shape index (κ2) is 5.91. The summed E-state index contributed by atoms with van der Waals surface area (Å²) in [6.07, 6.45) is 2.24. The van der Waals surface area contributed by atoms with Crippen molar-refractivity contribution in [2.75, 3.05) is 5.75 Å². The minimum Gasteiger partial charge on any atom is -0.294 e. The Morgan fingerprint density at radius 2 is 2.20 bits per heavy atom. The van der Waals surface area contributed by atoms with Gasteiger partial charge in [-0.05, 0) is 37.3 Å². The van der Waals surface area contributed by atoms with Gasteiger partial charge in [-0.2, -0.15) is 0 Å². The first-order valence-electron chi connectivity index (χ1n) is 5.08. The van der Waals surface area contributed by atoms with Gasteiger partial charge in [-0.15, -0.1) is 11.8 Å². The third-order valence-electron chi connectivity index (χ3n) is 2.08. The lowest BCUT2D eigenvalue weighted by molar-refractivity contribution is 0.101. The van der Waals surface area contributed by atoms with Crippen LogP contribution in [0.1, 0.15) is 37.0 Å². The van der Waals surface area contributed by atoms with Crippen LogP contribution in [-0.4, -0.2) is 11.5 Å². The third kappa shape index (κ3) is 3.67. The Balaban J connectivity index is 2.81. The SMILES string of the molecule is CCCCSc1ccc(F)cc1C(C)=O. The number of rotatable bonds is 5. The molecule has 0 saturated heterocycles. The van der Waals surface area contributed by atoms with Gasteiger partial charge in [-0.3, -0.25) is 4.79 Å². The van der Waals surface area contributed by atoms with Crippen LogP contribution in [-0.2, 0) is 0 Å². The number of thioether (sulfide) groups is 1. The molecule has 0 spiro atoms. The van der Waals surface area contributed by atoms with Crippen LogP contribution in [0.3, 0.4) is 0 Å².